The molecular weight excluding hydrogens is 412 g/mol. The van der Waals surface area contributed by atoms with E-state index in [9.17, 15) is 10.3 Å². The van der Waals surface area contributed by atoms with E-state index in [-0.39, 0.29) is 18.6 Å². The third-order valence-electron chi connectivity index (χ3n) is 4.97. The van der Waals surface area contributed by atoms with Crippen LogP contribution < -0.4 is 15.4 Å². The van der Waals surface area contributed by atoms with Crippen LogP contribution >= 0.6 is 15.9 Å². The zero-order valence-electron chi connectivity index (χ0n) is 14.7. The molecule has 3 aromatic rings. The number of halogens is 1. The third-order valence-corrected chi connectivity index (χ3v) is 5.53. The Bertz CT molecular complexity index is 947. The number of aliphatic hydroxyl groups is 1. The fourth-order valence-electron chi connectivity index (χ4n) is 3.57. The number of aliphatic hydroxyl groups excluding tert-OH is 1. The van der Waals surface area contributed by atoms with Gasteiger partial charge in [0, 0.05) is 42.8 Å². The Morgan fingerprint density at radius 2 is 2.30 bits per heavy atom. The highest BCUT2D eigenvalue weighted by atomic mass is 79.9. The normalized spacial score (nSPS) is 19.5. The summed E-state index contributed by atoms with van der Waals surface area (Å²) < 4.78 is 3.31. The molecule has 0 spiro atoms. The number of rotatable bonds is 6. The van der Waals surface area contributed by atoms with E-state index < -0.39 is 0 Å². The quantitative estimate of drug-likeness (QED) is 0.408. The Hall–Kier alpha value is -2.39. The van der Waals surface area contributed by atoms with Crippen molar-refractivity contribution < 1.29 is 9.84 Å². The summed E-state index contributed by atoms with van der Waals surface area (Å²) in [4.78, 5) is 4.66. The molecule has 9 heteroatoms. The van der Waals surface area contributed by atoms with Crippen LogP contribution in [0.3, 0.4) is 0 Å². The Morgan fingerprint density at radius 3 is 3.11 bits per heavy atom. The minimum atomic E-state index is 0.185. The van der Waals surface area contributed by atoms with E-state index in [2.05, 4.69) is 36.6 Å². The van der Waals surface area contributed by atoms with E-state index in [1.807, 2.05) is 12.1 Å². The molecule has 0 saturated heterocycles. The molecule has 4 rings (SSSR count). The van der Waals surface area contributed by atoms with Gasteiger partial charge in [0.1, 0.15) is 11.6 Å². The minimum absolute atomic E-state index is 0.185. The van der Waals surface area contributed by atoms with Crippen molar-refractivity contribution in [3.63, 3.8) is 0 Å². The fourth-order valence-corrected chi connectivity index (χ4v) is 3.92. The molecule has 0 radical (unpaired) electrons. The van der Waals surface area contributed by atoms with Gasteiger partial charge in [-0.15, -0.1) is 0 Å². The molecule has 27 heavy (non-hydrogen) atoms. The first kappa shape index (κ1) is 18.0. The van der Waals surface area contributed by atoms with Crippen LogP contribution in [0.1, 0.15) is 24.8 Å². The summed E-state index contributed by atoms with van der Waals surface area (Å²) in [5.74, 6) is 1.76. The van der Waals surface area contributed by atoms with E-state index in [1.54, 1.807) is 16.8 Å². The van der Waals surface area contributed by atoms with Gasteiger partial charge in [-0.3, -0.25) is 0 Å². The van der Waals surface area contributed by atoms with Gasteiger partial charge in [-0.05, 0) is 34.8 Å². The number of nitrogens with one attached hydrogen (secondary N) is 2. The van der Waals surface area contributed by atoms with Crippen LogP contribution in [0.25, 0.3) is 5.65 Å². The van der Waals surface area contributed by atoms with Crippen molar-refractivity contribution >= 4 is 33.2 Å². The van der Waals surface area contributed by atoms with Crippen molar-refractivity contribution in [2.75, 3.05) is 17.2 Å². The van der Waals surface area contributed by atoms with Gasteiger partial charge >= 0.3 is 0 Å². The molecular formula is C18H21BrN6O2. The molecule has 1 aliphatic carbocycles. The average Bonchev–Trinajstić information content (AvgIpc) is 3.26. The molecule has 0 aliphatic heterocycles. The molecule has 8 nitrogen and oxygen atoms in total. The van der Waals surface area contributed by atoms with E-state index >= 15 is 0 Å². The number of hydrogen-bond acceptors (Lipinski definition) is 6. The molecule has 0 aromatic carbocycles. The molecule has 3 heterocycles. The Balaban J connectivity index is 1.60. The second-order valence-corrected chi connectivity index (χ2v) is 7.66. The topological polar surface area (TPSA) is 101 Å². The smallest absolute Gasteiger partial charge is 0.185 e. The monoisotopic (exact) mass is 432 g/mol. The molecule has 3 N–H and O–H groups in total. The molecule has 142 valence electrons. The molecule has 0 amide bonds. The van der Waals surface area contributed by atoms with Gasteiger partial charge < -0.3 is 20.9 Å². The minimum Gasteiger partial charge on any atom is -0.619 e. The Morgan fingerprint density at radius 1 is 1.41 bits per heavy atom. The number of nitrogens with zero attached hydrogens (tertiary/aromatic N) is 4. The number of hydrogen-bond donors (Lipinski definition) is 3. The summed E-state index contributed by atoms with van der Waals surface area (Å²) in [5.41, 5.74) is 1.57. The lowest BCUT2D eigenvalue weighted by atomic mass is 10.1. The molecule has 0 bridgehead atoms. The fraction of sp³-hybridized carbons (Fsp3) is 0.389. The van der Waals surface area contributed by atoms with Crippen LogP contribution in [0, 0.1) is 11.1 Å². The maximum absolute atomic E-state index is 11.4. The van der Waals surface area contributed by atoms with E-state index in [0.717, 1.165) is 45.7 Å². The first-order valence-corrected chi connectivity index (χ1v) is 9.76. The van der Waals surface area contributed by atoms with Crippen molar-refractivity contribution in [2.45, 2.75) is 31.8 Å². The average molecular weight is 433 g/mol. The van der Waals surface area contributed by atoms with Gasteiger partial charge in [0.2, 0.25) is 0 Å². The van der Waals surface area contributed by atoms with Crippen LogP contribution in [-0.2, 0) is 6.54 Å². The lowest BCUT2D eigenvalue weighted by molar-refractivity contribution is -0.605. The lowest BCUT2D eigenvalue weighted by Crippen LogP contribution is -2.27. The summed E-state index contributed by atoms with van der Waals surface area (Å²) in [6.45, 7) is 0.673. The zero-order valence-corrected chi connectivity index (χ0v) is 16.3. The van der Waals surface area contributed by atoms with Gasteiger partial charge in [-0.1, -0.05) is 6.42 Å². The SMILES string of the molecule is [O-][n+]1cccc(CNc2cc(N[C@@H]3CCC[C@@H]3CO)nc3c(Br)cnn23)c1. The first-order chi connectivity index (χ1) is 13.1. The number of anilines is 2. The van der Waals surface area contributed by atoms with E-state index in [0.29, 0.717) is 12.2 Å². The maximum Gasteiger partial charge on any atom is 0.185 e. The van der Waals surface area contributed by atoms with Crippen molar-refractivity contribution in [1.82, 2.24) is 14.6 Å². The number of pyridine rings is 1. The number of aromatic nitrogens is 4. The zero-order chi connectivity index (χ0) is 18.8. The molecule has 0 unspecified atom stereocenters. The van der Waals surface area contributed by atoms with Gasteiger partial charge in [0.15, 0.2) is 18.0 Å². The van der Waals surface area contributed by atoms with Gasteiger partial charge in [0.25, 0.3) is 0 Å². The van der Waals surface area contributed by atoms with Crippen molar-refractivity contribution in [1.29, 1.82) is 0 Å². The highest BCUT2D eigenvalue weighted by Crippen LogP contribution is 2.29. The first-order valence-electron chi connectivity index (χ1n) is 8.97. The van der Waals surface area contributed by atoms with Crippen molar-refractivity contribution in [3.05, 3.63) is 52.0 Å². The summed E-state index contributed by atoms with van der Waals surface area (Å²) in [5, 5.41) is 32.2. The standard InChI is InChI=1S/C18H21BrN6O2/c19-14-9-21-25-17(20-8-12-3-2-6-24(27)10-12)7-16(23-18(14)25)22-15-5-1-4-13(15)11-26/h2-3,6-7,9-10,13,15,20,26H,1,4-5,8,11H2,(H,22,23)/t13-,15-/m1/s1. The second kappa shape index (κ2) is 7.69. The summed E-state index contributed by atoms with van der Waals surface area (Å²) in [7, 11) is 0. The van der Waals surface area contributed by atoms with Gasteiger partial charge in [-0.25, -0.2) is 4.98 Å². The third kappa shape index (κ3) is 3.84. The van der Waals surface area contributed by atoms with Crippen LogP contribution in [0.5, 0.6) is 0 Å². The Kier molecular flexibility index (Phi) is 5.13. The largest absolute Gasteiger partial charge is 0.619 e. The van der Waals surface area contributed by atoms with Gasteiger partial charge in [0.05, 0.1) is 10.7 Å². The van der Waals surface area contributed by atoms with E-state index in [4.69, 9.17) is 0 Å². The van der Waals surface area contributed by atoms with Crippen LogP contribution in [0.4, 0.5) is 11.6 Å². The molecule has 1 fully saturated rings. The highest BCUT2D eigenvalue weighted by Gasteiger charge is 2.27. The summed E-state index contributed by atoms with van der Waals surface area (Å²) in [6, 6.07) is 5.74. The van der Waals surface area contributed by atoms with E-state index in [1.165, 1.54) is 12.4 Å². The van der Waals surface area contributed by atoms with Crippen molar-refractivity contribution in [2.24, 2.45) is 5.92 Å². The Labute approximate surface area is 165 Å². The lowest BCUT2D eigenvalue weighted by Gasteiger charge is -2.20. The number of fused-ring (bicyclic) bond motifs is 1. The predicted molar refractivity (Wildman–Crippen MR) is 105 cm³/mol. The molecule has 1 aliphatic rings. The molecule has 2 atom stereocenters. The maximum atomic E-state index is 11.4. The highest BCUT2D eigenvalue weighted by molar-refractivity contribution is 9.10. The summed E-state index contributed by atoms with van der Waals surface area (Å²) >= 11 is 3.49. The van der Waals surface area contributed by atoms with Crippen molar-refractivity contribution in [3.8, 4) is 0 Å². The van der Waals surface area contributed by atoms with Crippen LogP contribution in [0.15, 0.2) is 41.3 Å². The molecule has 3 aromatic heterocycles. The van der Waals surface area contributed by atoms with Gasteiger partial charge in [-0.2, -0.15) is 14.3 Å². The predicted octanol–water partition coefficient (Wildman–Crippen LogP) is 2.31. The van der Waals surface area contributed by atoms with Crippen LogP contribution in [-0.4, -0.2) is 32.4 Å². The second-order valence-electron chi connectivity index (χ2n) is 6.80. The summed E-state index contributed by atoms with van der Waals surface area (Å²) in [6.07, 6.45) is 7.86. The van der Waals surface area contributed by atoms with Crippen LogP contribution in [0.2, 0.25) is 0 Å². The molecule has 1 saturated carbocycles.